The summed E-state index contributed by atoms with van der Waals surface area (Å²) in [5, 5.41) is 3.33. The van der Waals surface area contributed by atoms with E-state index in [1.807, 2.05) is 12.2 Å². The van der Waals surface area contributed by atoms with Crippen LogP contribution >= 0.6 is 12.2 Å². The van der Waals surface area contributed by atoms with Gasteiger partial charge in [-0.05, 0) is 59.0 Å². The van der Waals surface area contributed by atoms with Crippen molar-refractivity contribution in [3.8, 4) is 0 Å². The zero-order chi connectivity index (χ0) is 14.6. The lowest BCUT2D eigenvalue weighted by molar-refractivity contribution is 0.449. The molecule has 0 aromatic heterocycles. The molecule has 0 amide bonds. The fourth-order valence-corrected chi connectivity index (χ4v) is 1.83. The van der Waals surface area contributed by atoms with Crippen LogP contribution in [0.25, 0.3) is 0 Å². The van der Waals surface area contributed by atoms with Crippen molar-refractivity contribution in [1.82, 2.24) is 5.32 Å². The minimum absolute atomic E-state index is 0.0813. The van der Waals surface area contributed by atoms with Crippen molar-refractivity contribution >= 4 is 17.2 Å². The van der Waals surface area contributed by atoms with Gasteiger partial charge in [-0.25, -0.2) is 0 Å². The first-order valence-electron chi connectivity index (χ1n) is 7.28. The molecular formula is C17H29NS. The van der Waals surface area contributed by atoms with Crippen molar-refractivity contribution in [2.24, 2.45) is 0 Å². The molecule has 0 saturated carbocycles. The SMILES string of the molecule is CC=CCCCCC=CC=CC(=S)NC(C)(C)CC. The summed E-state index contributed by atoms with van der Waals surface area (Å²) in [6.07, 6.45) is 18.5. The Balaban J connectivity index is 3.74. The van der Waals surface area contributed by atoms with Gasteiger partial charge < -0.3 is 5.32 Å². The molecule has 0 rings (SSSR count). The van der Waals surface area contributed by atoms with Gasteiger partial charge in [0.2, 0.25) is 0 Å². The Morgan fingerprint density at radius 2 is 1.74 bits per heavy atom. The summed E-state index contributed by atoms with van der Waals surface area (Å²) in [7, 11) is 0. The average molecular weight is 279 g/mol. The molecule has 0 unspecified atom stereocenters. The van der Waals surface area contributed by atoms with Crippen LogP contribution in [0.1, 0.15) is 59.8 Å². The standard InChI is InChI=1S/C17H29NS/c1-5-7-8-9-10-11-12-13-14-15-16(19)18-17(3,4)6-2/h5,7,12-15H,6,8-11H2,1-4H3,(H,18,19). The average Bonchev–Trinajstić information content (AvgIpc) is 2.36. The number of unbranched alkanes of at least 4 members (excludes halogenated alkanes) is 3. The van der Waals surface area contributed by atoms with Gasteiger partial charge in [0.1, 0.15) is 0 Å². The Labute approximate surface area is 124 Å². The quantitative estimate of drug-likeness (QED) is 0.201. The smallest absolute Gasteiger partial charge is 0.0992 e. The molecule has 0 aliphatic carbocycles. The number of hydrogen-bond donors (Lipinski definition) is 1. The molecule has 1 N–H and O–H groups in total. The van der Waals surface area contributed by atoms with Gasteiger partial charge in [-0.2, -0.15) is 0 Å². The maximum Gasteiger partial charge on any atom is 0.0992 e. The maximum atomic E-state index is 5.28. The third kappa shape index (κ3) is 11.9. The highest BCUT2D eigenvalue weighted by molar-refractivity contribution is 7.80. The van der Waals surface area contributed by atoms with Crippen LogP contribution in [0.3, 0.4) is 0 Å². The van der Waals surface area contributed by atoms with Crippen molar-refractivity contribution < 1.29 is 0 Å². The number of allylic oxidation sites excluding steroid dienone is 5. The van der Waals surface area contributed by atoms with Crippen LogP contribution in [0.2, 0.25) is 0 Å². The second kappa shape index (κ2) is 11.0. The van der Waals surface area contributed by atoms with Crippen LogP contribution in [-0.2, 0) is 0 Å². The summed E-state index contributed by atoms with van der Waals surface area (Å²) in [6.45, 7) is 8.55. The molecule has 0 fully saturated rings. The van der Waals surface area contributed by atoms with E-state index in [-0.39, 0.29) is 5.54 Å². The molecule has 0 bridgehead atoms. The van der Waals surface area contributed by atoms with E-state index in [0.717, 1.165) is 17.8 Å². The summed E-state index contributed by atoms with van der Waals surface area (Å²) < 4.78 is 0. The molecule has 0 aliphatic heterocycles. The molecule has 1 nitrogen and oxygen atoms in total. The first-order valence-corrected chi connectivity index (χ1v) is 7.69. The fourth-order valence-electron chi connectivity index (χ4n) is 1.47. The Morgan fingerprint density at radius 1 is 1.11 bits per heavy atom. The van der Waals surface area contributed by atoms with E-state index in [0.29, 0.717) is 0 Å². The van der Waals surface area contributed by atoms with E-state index in [1.54, 1.807) is 0 Å². The maximum absolute atomic E-state index is 5.28. The first-order chi connectivity index (χ1) is 9.02. The highest BCUT2D eigenvalue weighted by Crippen LogP contribution is 2.07. The number of nitrogens with one attached hydrogen (secondary N) is 1. The molecule has 0 saturated heterocycles. The molecule has 108 valence electrons. The van der Waals surface area contributed by atoms with Crippen LogP contribution in [0.5, 0.6) is 0 Å². The van der Waals surface area contributed by atoms with Crippen molar-refractivity contribution in [3.05, 3.63) is 36.5 Å². The molecule has 0 radical (unpaired) electrons. The summed E-state index contributed by atoms with van der Waals surface area (Å²) in [6, 6.07) is 0. The third-order valence-electron chi connectivity index (χ3n) is 3.07. The van der Waals surface area contributed by atoms with E-state index in [9.17, 15) is 0 Å². The van der Waals surface area contributed by atoms with E-state index in [4.69, 9.17) is 12.2 Å². The van der Waals surface area contributed by atoms with E-state index in [1.165, 1.54) is 19.3 Å². The van der Waals surface area contributed by atoms with Crippen molar-refractivity contribution in [3.63, 3.8) is 0 Å². The number of thiocarbonyl (C=S) groups is 1. The second-order valence-electron chi connectivity index (χ2n) is 5.37. The summed E-state index contributed by atoms with van der Waals surface area (Å²) >= 11 is 5.28. The predicted octanol–water partition coefficient (Wildman–Crippen LogP) is 5.34. The first kappa shape index (κ1) is 18.1. The topological polar surface area (TPSA) is 12.0 Å². The molecule has 2 heteroatoms. The molecule has 0 aliphatic rings. The van der Waals surface area contributed by atoms with Gasteiger partial charge in [-0.1, -0.05) is 49.5 Å². The van der Waals surface area contributed by atoms with E-state index in [2.05, 4.69) is 57.3 Å². The van der Waals surface area contributed by atoms with Gasteiger partial charge >= 0.3 is 0 Å². The van der Waals surface area contributed by atoms with E-state index < -0.39 is 0 Å². The van der Waals surface area contributed by atoms with Crippen LogP contribution in [0.4, 0.5) is 0 Å². The van der Waals surface area contributed by atoms with Gasteiger partial charge in [0.15, 0.2) is 0 Å². The van der Waals surface area contributed by atoms with Gasteiger partial charge in [0.05, 0.1) is 4.99 Å². The molecule has 0 heterocycles. The van der Waals surface area contributed by atoms with Crippen LogP contribution < -0.4 is 5.32 Å². The molecule has 0 aromatic rings. The summed E-state index contributed by atoms with van der Waals surface area (Å²) in [5.74, 6) is 0. The zero-order valence-electron chi connectivity index (χ0n) is 12.9. The van der Waals surface area contributed by atoms with Gasteiger partial charge in [0.25, 0.3) is 0 Å². The zero-order valence-corrected chi connectivity index (χ0v) is 13.7. The number of hydrogen-bond acceptors (Lipinski definition) is 1. The van der Waals surface area contributed by atoms with Crippen molar-refractivity contribution in [1.29, 1.82) is 0 Å². The molecule has 0 spiro atoms. The Hall–Kier alpha value is -0.890. The third-order valence-corrected chi connectivity index (χ3v) is 3.31. The van der Waals surface area contributed by atoms with Gasteiger partial charge in [0, 0.05) is 5.54 Å². The minimum Gasteiger partial charge on any atom is -0.371 e. The van der Waals surface area contributed by atoms with E-state index >= 15 is 0 Å². The second-order valence-corrected chi connectivity index (χ2v) is 5.81. The Kier molecular flexibility index (Phi) is 10.5. The van der Waals surface area contributed by atoms with Crippen LogP contribution in [0, 0.1) is 0 Å². The normalized spacial score (nSPS) is 12.8. The Morgan fingerprint density at radius 3 is 2.32 bits per heavy atom. The lowest BCUT2D eigenvalue weighted by atomic mass is 10.0. The highest BCUT2D eigenvalue weighted by Gasteiger charge is 2.13. The van der Waals surface area contributed by atoms with Crippen LogP contribution in [0.15, 0.2) is 36.5 Å². The minimum atomic E-state index is 0.0813. The predicted molar refractivity (Wildman–Crippen MR) is 91.7 cm³/mol. The molecular weight excluding hydrogens is 250 g/mol. The highest BCUT2D eigenvalue weighted by atomic mass is 32.1. The summed E-state index contributed by atoms with van der Waals surface area (Å²) in [4.78, 5) is 0.810. The molecule has 19 heavy (non-hydrogen) atoms. The molecule has 0 atom stereocenters. The summed E-state index contributed by atoms with van der Waals surface area (Å²) in [5.41, 5.74) is 0.0813. The van der Waals surface area contributed by atoms with Gasteiger partial charge in [-0.3, -0.25) is 0 Å². The van der Waals surface area contributed by atoms with Gasteiger partial charge in [-0.15, -0.1) is 0 Å². The Bertz CT molecular complexity index is 324. The largest absolute Gasteiger partial charge is 0.371 e. The monoisotopic (exact) mass is 279 g/mol. The lowest BCUT2D eigenvalue weighted by Crippen LogP contribution is -2.41. The van der Waals surface area contributed by atoms with Crippen molar-refractivity contribution in [2.45, 2.75) is 65.3 Å². The van der Waals surface area contributed by atoms with Crippen LogP contribution in [-0.4, -0.2) is 10.5 Å². The van der Waals surface area contributed by atoms with Crippen molar-refractivity contribution in [2.75, 3.05) is 0 Å². The molecule has 0 aromatic carbocycles. The number of rotatable bonds is 9. The fraction of sp³-hybridized carbons (Fsp3) is 0.588. The lowest BCUT2D eigenvalue weighted by Gasteiger charge is -2.24.